The van der Waals surface area contributed by atoms with Gasteiger partial charge >= 0.3 is 0 Å². The van der Waals surface area contributed by atoms with E-state index in [2.05, 4.69) is 35.1 Å². The molecule has 0 bridgehead atoms. The van der Waals surface area contributed by atoms with E-state index in [1.54, 1.807) is 18.4 Å². The van der Waals surface area contributed by atoms with Crippen LogP contribution >= 0.6 is 11.3 Å². The first-order valence-corrected chi connectivity index (χ1v) is 7.29. The molecule has 3 nitrogen and oxygen atoms in total. The zero-order chi connectivity index (χ0) is 13.5. The Balaban J connectivity index is 2.02. The van der Waals surface area contributed by atoms with Gasteiger partial charge in [0.05, 0.1) is 12.1 Å². The van der Waals surface area contributed by atoms with Crippen LogP contribution in [-0.2, 0) is 11.2 Å². The molecule has 0 aliphatic carbocycles. The molecular weight excluding hydrogens is 256 g/mol. The van der Waals surface area contributed by atoms with Crippen molar-refractivity contribution in [2.75, 3.05) is 7.11 Å². The van der Waals surface area contributed by atoms with Crippen molar-refractivity contribution in [2.45, 2.75) is 25.0 Å². The normalized spacial score (nSPS) is 14.2. The second-order valence-corrected chi connectivity index (χ2v) is 5.49. The van der Waals surface area contributed by atoms with Crippen molar-refractivity contribution >= 4 is 11.3 Å². The van der Waals surface area contributed by atoms with Crippen LogP contribution in [-0.4, -0.2) is 13.2 Å². The lowest BCUT2D eigenvalue weighted by atomic mass is 9.98. The first kappa shape index (κ1) is 14.2. The third kappa shape index (κ3) is 3.88. The predicted octanol–water partition coefficient (Wildman–Crippen LogP) is 2.90. The van der Waals surface area contributed by atoms with Gasteiger partial charge in [-0.15, -0.1) is 11.3 Å². The molecular formula is C15H20N2OS. The van der Waals surface area contributed by atoms with Gasteiger partial charge < -0.3 is 4.74 Å². The maximum absolute atomic E-state index is 5.70. The van der Waals surface area contributed by atoms with Gasteiger partial charge in [0, 0.05) is 12.0 Å². The number of thiophene rings is 1. The van der Waals surface area contributed by atoms with Crippen molar-refractivity contribution in [3.63, 3.8) is 0 Å². The molecule has 1 aromatic carbocycles. The number of aryl methyl sites for hydroxylation is 1. The summed E-state index contributed by atoms with van der Waals surface area (Å²) >= 11 is 1.78. The minimum Gasteiger partial charge on any atom is -0.375 e. The minimum absolute atomic E-state index is 0.0221. The van der Waals surface area contributed by atoms with E-state index in [4.69, 9.17) is 10.6 Å². The summed E-state index contributed by atoms with van der Waals surface area (Å²) in [5, 5.41) is 2.10. The predicted molar refractivity (Wildman–Crippen MR) is 79.9 cm³/mol. The van der Waals surface area contributed by atoms with Crippen LogP contribution in [0, 0.1) is 0 Å². The third-order valence-corrected chi connectivity index (χ3v) is 4.18. The quantitative estimate of drug-likeness (QED) is 0.604. The second kappa shape index (κ2) is 7.40. The van der Waals surface area contributed by atoms with Gasteiger partial charge in [0.2, 0.25) is 0 Å². The van der Waals surface area contributed by atoms with Gasteiger partial charge in [-0.25, -0.2) is 0 Å². The molecule has 2 unspecified atom stereocenters. The molecule has 1 heterocycles. The molecule has 2 atom stereocenters. The number of nitrogens with two attached hydrogens (primary N) is 1. The van der Waals surface area contributed by atoms with Gasteiger partial charge in [0.15, 0.2) is 0 Å². The number of benzene rings is 1. The van der Waals surface area contributed by atoms with Crippen molar-refractivity contribution in [1.29, 1.82) is 0 Å². The molecule has 1 aromatic heterocycles. The smallest absolute Gasteiger partial charge is 0.0987 e. The number of hydrogen-bond acceptors (Lipinski definition) is 4. The maximum Gasteiger partial charge on any atom is 0.0987 e. The summed E-state index contributed by atoms with van der Waals surface area (Å²) < 4.78 is 5.62. The number of hydrogen-bond donors (Lipinski definition) is 2. The Morgan fingerprint density at radius 1 is 1.21 bits per heavy atom. The molecule has 0 fully saturated rings. The Bertz CT molecular complexity index is 458. The largest absolute Gasteiger partial charge is 0.375 e. The average Bonchev–Trinajstić information content (AvgIpc) is 2.97. The number of ether oxygens (including phenoxy) is 1. The summed E-state index contributed by atoms with van der Waals surface area (Å²) in [6, 6.07) is 14.5. The molecule has 0 amide bonds. The minimum atomic E-state index is -0.0221. The Morgan fingerprint density at radius 2 is 2.00 bits per heavy atom. The van der Waals surface area contributed by atoms with Crippen LogP contribution in [0.1, 0.15) is 23.0 Å². The summed E-state index contributed by atoms with van der Waals surface area (Å²) in [6.45, 7) is 0. The van der Waals surface area contributed by atoms with Crippen molar-refractivity contribution < 1.29 is 4.74 Å². The van der Waals surface area contributed by atoms with Crippen LogP contribution in [0.4, 0.5) is 0 Å². The molecule has 3 N–H and O–H groups in total. The summed E-state index contributed by atoms with van der Waals surface area (Å²) in [4.78, 5) is 1.38. The van der Waals surface area contributed by atoms with E-state index >= 15 is 0 Å². The maximum atomic E-state index is 5.70. The van der Waals surface area contributed by atoms with Crippen molar-refractivity contribution in [2.24, 2.45) is 5.84 Å². The summed E-state index contributed by atoms with van der Waals surface area (Å²) in [6.07, 6.45) is 1.94. The zero-order valence-corrected chi connectivity index (χ0v) is 11.9. The molecule has 0 aliphatic rings. The zero-order valence-electron chi connectivity index (χ0n) is 11.1. The van der Waals surface area contributed by atoms with E-state index in [9.17, 15) is 0 Å². The lowest BCUT2D eigenvalue weighted by Crippen LogP contribution is -2.40. The van der Waals surface area contributed by atoms with Gasteiger partial charge in [-0.05, 0) is 29.9 Å². The van der Waals surface area contributed by atoms with Crippen LogP contribution in [0.25, 0.3) is 0 Å². The fourth-order valence-corrected chi connectivity index (χ4v) is 2.97. The van der Waals surface area contributed by atoms with Gasteiger partial charge in [0.25, 0.3) is 0 Å². The number of methoxy groups -OCH3 is 1. The first-order chi connectivity index (χ1) is 9.35. The van der Waals surface area contributed by atoms with E-state index in [1.165, 1.54) is 4.88 Å². The Labute approximate surface area is 118 Å². The molecule has 0 radical (unpaired) electrons. The number of hydrazine groups is 1. The SMILES string of the molecule is COC(c1ccccc1)C(CCc1cccs1)NN. The highest BCUT2D eigenvalue weighted by Gasteiger charge is 2.21. The summed E-state index contributed by atoms with van der Waals surface area (Å²) in [5.74, 6) is 5.70. The highest BCUT2D eigenvalue weighted by Crippen LogP contribution is 2.24. The first-order valence-electron chi connectivity index (χ1n) is 6.41. The summed E-state index contributed by atoms with van der Waals surface area (Å²) in [5.41, 5.74) is 4.05. The van der Waals surface area contributed by atoms with Gasteiger partial charge in [-0.2, -0.15) is 0 Å². The average molecular weight is 276 g/mol. The summed E-state index contributed by atoms with van der Waals surface area (Å²) in [7, 11) is 1.73. The topological polar surface area (TPSA) is 47.3 Å². The van der Waals surface area contributed by atoms with E-state index in [0.717, 1.165) is 18.4 Å². The Morgan fingerprint density at radius 3 is 2.58 bits per heavy atom. The van der Waals surface area contributed by atoms with Gasteiger partial charge in [-0.1, -0.05) is 36.4 Å². The van der Waals surface area contributed by atoms with Crippen molar-refractivity contribution in [3.8, 4) is 0 Å². The number of nitrogens with one attached hydrogen (secondary N) is 1. The van der Waals surface area contributed by atoms with Crippen molar-refractivity contribution in [3.05, 3.63) is 58.3 Å². The molecule has 4 heteroatoms. The second-order valence-electron chi connectivity index (χ2n) is 4.46. The van der Waals surface area contributed by atoms with E-state index < -0.39 is 0 Å². The molecule has 102 valence electrons. The van der Waals surface area contributed by atoms with E-state index in [0.29, 0.717) is 0 Å². The lowest BCUT2D eigenvalue weighted by molar-refractivity contribution is 0.0651. The fraction of sp³-hybridized carbons (Fsp3) is 0.333. The van der Waals surface area contributed by atoms with Crippen LogP contribution < -0.4 is 11.3 Å². The third-order valence-electron chi connectivity index (χ3n) is 3.24. The van der Waals surface area contributed by atoms with Crippen LogP contribution in [0.3, 0.4) is 0 Å². The highest BCUT2D eigenvalue weighted by molar-refractivity contribution is 7.09. The van der Waals surface area contributed by atoms with E-state index in [-0.39, 0.29) is 12.1 Å². The molecule has 0 aliphatic heterocycles. The molecule has 0 spiro atoms. The molecule has 0 saturated carbocycles. The molecule has 19 heavy (non-hydrogen) atoms. The standard InChI is InChI=1S/C15H20N2OS/c1-18-15(12-6-3-2-4-7-12)14(17-16)10-9-13-8-5-11-19-13/h2-8,11,14-15,17H,9-10,16H2,1H3. The highest BCUT2D eigenvalue weighted by atomic mass is 32.1. The monoisotopic (exact) mass is 276 g/mol. The van der Waals surface area contributed by atoms with Gasteiger partial charge in [0.1, 0.15) is 0 Å². The van der Waals surface area contributed by atoms with Gasteiger partial charge in [-0.3, -0.25) is 11.3 Å². The van der Waals surface area contributed by atoms with Crippen molar-refractivity contribution in [1.82, 2.24) is 5.43 Å². The van der Waals surface area contributed by atoms with Crippen LogP contribution in [0.15, 0.2) is 47.8 Å². The fourth-order valence-electron chi connectivity index (χ4n) is 2.25. The van der Waals surface area contributed by atoms with Crippen LogP contribution in [0.5, 0.6) is 0 Å². The lowest BCUT2D eigenvalue weighted by Gasteiger charge is -2.25. The van der Waals surface area contributed by atoms with Crippen LogP contribution in [0.2, 0.25) is 0 Å². The Kier molecular flexibility index (Phi) is 5.54. The Hall–Kier alpha value is -1.20. The molecule has 0 saturated heterocycles. The van der Waals surface area contributed by atoms with E-state index in [1.807, 2.05) is 18.2 Å². The number of rotatable bonds is 7. The molecule has 2 aromatic rings. The molecule has 2 rings (SSSR count).